The Morgan fingerprint density at radius 1 is 1.12 bits per heavy atom. The number of aromatic nitrogens is 2. The van der Waals surface area contributed by atoms with E-state index in [0.717, 1.165) is 40.0 Å². The number of piperidine rings is 1. The van der Waals surface area contributed by atoms with Crippen LogP contribution in [0.1, 0.15) is 43.5 Å². The largest absolute Gasteiger partial charge is 0.389 e. The van der Waals surface area contributed by atoms with Crippen molar-refractivity contribution in [1.82, 2.24) is 14.9 Å². The predicted octanol–water partition coefficient (Wildman–Crippen LogP) is 4.08. The van der Waals surface area contributed by atoms with E-state index in [0.29, 0.717) is 0 Å². The van der Waals surface area contributed by atoms with Gasteiger partial charge >= 0.3 is 0 Å². The molecule has 4 nitrogen and oxygen atoms in total. The molecular formula is C20H27N3OS. The molecule has 1 aliphatic rings. The molecule has 0 amide bonds. The van der Waals surface area contributed by atoms with Crippen LogP contribution in [0.2, 0.25) is 0 Å². The van der Waals surface area contributed by atoms with Crippen LogP contribution in [-0.4, -0.2) is 45.4 Å². The van der Waals surface area contributed by atoms with Crippen LogP contribution in [0, 0.1) is 6.92 Å². The van der Waals surface area contributed by atoms with Gasteiger partial charge < -0.3 is 10.0 Å². The second-order valence-corrected chi connectivity index (χ2v) is 7.73. The van der Waals surface area contributed by atoms with E-state index in [-0.39, 0.29) is 0 Å². The van der Waals surface area contributed by atoms with E-state index in [1.165, 1.54) is 32.4 Å². The highest BCUT2D eigenvalue weighted by Crippen LogP contribution is 2.30. The van der Waals surface area contributed by atoms with Crippen LogP contribution in [0.5, 0.6) is 0 Å². The van der Waals surface area contributed by atoms with Gasteiger partial charge in [0, 0.05) is 29.1 Å². The molecule has 0 saturated carbocycles. The molecular weight excluding hydrogens is 330 g/mol. The normalized spacial score (nSPS) is 16.8. The van der Waals surface area contributed by atoms with Crippen molar-refractivity contribution in [3.05, 3.63) is 41.6 Å². The first-order valence-electron chi connectivity index (χ1n) is 9.12. The van der Waals surface area contributed by atoms with E-state index < -0.39 is 6.10 Å². The molecule has 0 unspecified atom stereocenters. The van der Waals surface area contributed by atoms with Gasteiger partial charge in [0.25, 0.3) is 0 Å². The molecule has 0 aliphatic carbocycles. The Morgan fingerprint density at radius 2 is 1.84 bits per heavy atom. The maximum atomic E-state index is 10.2. The number of benzene rings is 1. The van der Waals surface area contributed by atoms with Crippen molar-refractivity contribution in [3.63, 3.8) is 0 Å². The summed E-state index contributed by atoms with van der Waals surface area (Å²) in [6, 6.07) is 10.0. The number of hydrogen-bond acceptors (Lipinski definition) is 5. The summed E-state index contributed by atoms with van der Waals surface area (Å²) in [6.07, 6.45) is 3.44. The Balaban J connectivity index is 1.78. The topological polar surface area (TPSA) is 49.2 Å². The summed E-state index contributed by atoms with van der Waals surface area (Å²) in [4.78, 5) is 11.9. The molecule has 0 bridgehead atoms. The van der Waals surface area contributed by atoms with Crippen LogP contribution >= 0.6 is 11.8 Å². The SMILES string of the molecule is Cc1nc(-c2ccccc2)nc(SCCN2CCCCC2)c1[C@@H](C)O. The zero-order valence-electron chi connectivity index (χ0n) is 15.1. The van der Waals surface area contributed by atoms with Gasteiger partial charge in [-0.1, -0.05) is 36.8 Å². The average molecular weight is 358 g/mol. The molecule has 3 rings (SSSR count). The maximum absolute atomic E-state index is 10.2. The van der Waals surface area contributed by atoms with Crippen LogP contribution in [-0.2, 0) is 0 Å². The molecule has 1 N–H and O–H groups in total. The van der Waals surface area contributed by atoms with Gasteiger partial charge in [-0.15, -0.1) is 11.8 Å². The van der Waals surface area contributed by atoms with Crippen LogP contribution in [0.15, 0.2) is 35.4 Å². The second-order valence-electron chi connectivity index (χ2n) is 6.64. The smallest absolute Gasteiger partial charge is 0.160 e. The lowest BCUT2D eigenvalue weighted by molar-refractivity contribution is 0.194. The van der Waals surface area contributed by atoms with Crippen molar-refractivity contribution in [3.8, 4) is 11.4 Å². The van der Waals surface area contributed by atoms with E-state index in [2.05, 4.69) is 9.88 Å². The van der Waals surface area contributed by atoms with Crippen molar-refractivity contribution in [1.29, 1.82) is 0 Å². The standard InChI is InChI=1S/C20H27N3OS/c1-15-18(16(2)24)20(25-14-13-23-11-7-4-8-12-23)22-19(21-15)17-9-5-3-6-10-17/h3,5-6,9-10,16,24H,4,7-8,11-14H2,1-2H3/t16-/m1/s1. The first-order chi connectivity index (χ1) is 12.1. The number of rotatable bonds is 6. The van der Waals surface area contributed by atoms with Gasteiger partial charge in [0.05, 0.1) is 6.10 Å². The summed E-state index contributed by atoms with van der Waals surface area (Å²) < 4.78 is 0. The molecule has 2 heterocycles. The van der Waals surface area contributed by atoms with Crippen LogP contribution in [0.3, 0.4) is 0 Å². The highest BCUT2D eigenvalue weighted by Gasteiger charge is 2.18. The quantitative estimate of drug-likeness (QED) is 0.623. The maximum Gasteiger partial charge on any atom is 0.160 e. The molecule has 25 heavy (non-hydrogen) atoms. The molecule has 2 aromatic rings. The number of thioether (sulfide) groups is 1. The lowest BCUT2D eigenvalue weighted by atomic mass is 10.1. The minimum Gasteiger partial charge on any atom is -0.389 e. The first-order valence-corrected chi connectivity index (χ1v) is 10.1. The van der Waals surface area contributed by atoms with Gasteiger partial charge in [-0.05, 0) is 39.8 Å². The Labute approximate surface area is 154 Å². The van der Waals surface area contributed by atoms with E-state index in [9.17, 15) is 5.11 Å². The molecule has 0 radical (unpaired) electrons. The van der Waals surface area contributed by atoms with E-state index in [4.69, 9.17) is 4.98 Å². The monoisotopic (exact) mass is 357 g/mol. The van der Waals surface area contributed by atoms with Gasteiger partial charge in [0.2, 0.25) is 0 Å². The highest BCUT2D eigenvalue weighted by atomic mass is 32.2. The molecule has 1 saturated heterocycles. The molecule has 0 spiro atoms. The molecule has 134 valence electrons. The summed E-state index contributed by atoms with van der Waals surface area (Å²) in [7, 11) is 0. The average Bonchev–Trinajstić information content (AvgIpc) is 2.62. The van der Waals surface area contributed by atoms with E-state index >= 15 is 0 Å². The van der Waals surface area contributed by atoms with E-state index in [1.54, 1.807) is 18.7 Å². The number of aryl methyl sites for hydroxylation is 1. The zero-order valence-corrected chi connectivity index (χ0v) is 15.9. The Morgan fingerprint density at radius 3 is 2.52 bits per heavy atom. The molecule has 1 fully saturated rings. The minimum atomic E-state index is -0.553. The number of likely N-dealkylation sites (tertiary alicyclic amines) is 1. The van der Waals surface area contributed by atoms with Gasteiger partial charge in [-0.25, -0.2) is 9.97 Å². The second kappa shape index (κ2) is 8.79. The Bertz CT molecular complexity index is 685. The fourth-order valence-electron chi connectivity index (χ4n) is 3.32. The van der Waals surface area contributed by atoms with Crippen molar-refractivity contribution in [2.75, 3.05) is 25.4 Å². The third-order valence-corrected chi connectivity index (χ3v) is 5.62. The van der Waals surface area contributed by atoms with Crippen LogP contribution in [0.4, 0.5) is 0 Å². The summed E-state index contributed by atoms with van der Waals surface area (Å²) in [5, 5.41) is 11.1. The Hall–Kier alpha value is -1.43. The number of aliphatic hydroxyl groups excluding tert-OH is 1. The van der Waals surface area contributed by atoms with Crippen LogP contribution in [0.25, 0.3) is 11.4 Å². The molecule has 1 aliphatic heterocycles. The lowest BCUT2D eigenvalue weighted by Gasteiger charge is -2.26. The van der Waals surface area contributed by atoms with Crippen molar-refractivity contribution in [2.45, 2.75) is 44.2 Å². The fourth-order valence-corrected chi connectivity index (χ4v) is 4.48. The summed E-state index contributed by atoms with van der Waals surface area (Å²) in [6.45, 7) is 7.25. The summed E-state index contributed by atoms with van der Waals surface area (Å²) in [5.41, 5.74) is 2.74. The Kier molecular flexibility index (Phi) is 6.45. The van der Waals surface area contributed by atoms with E-state index in [1.807, 2.05) is 37.3 Å². The highest BCUT2D eigenvalue weighted by molar-refractivity contribution is 7.99. The summed E-state index contributed by atoms with van der Waals surface area (Å²) in [5.74, 6) is 1.73. The minimum absolute atomic E-state index is 0.553. The third-order valence-electron chi connectivity index (χ3n) is 4.65. The van der Waals surface area contributed by atoms with Crippen molar-refractivity contribution >= 4 is 11.8 Å². The fraction of sp³-hybridized carbons (Fsp3) is 0.500. The van der Waals surface area contributed by atoms with Gasteiger partial charge in [-0.3, -0.25) is 0 Å². The molecule has 1 aromatic carbocycles. The lowest BCUT2D eigenvalue weighted by Crippen LogP contribution is -2.31. The third kappa shape index (κ3) is 4.81. The molecule has 5 heteroatoms. The van der Waals surface area contributed by atoms with Crippen molar-refractivity contribution < 1.29 is 5.11 Å². The van der Waals surface area contributed by atoms with Gasteiger partial charge in [0.1, 0.15) is 5.03 Å². The first kappa shape index (κ1) is 18.4. The van der Waals surface area contributed by atoms with Gasteiger partial charge in [0.15, 0.2) is 5.82 Å². The number of aliphatic hydroxyl groups is 1. The number of hydrogen-bond donors (Lipinski definition) is 1. The molecule has 1 aromatic heterocycles. The predicted molar refractivity (Wildman–Crippen MR) is 104 cm³/mol. The van der Waals surface area contributed by atoms with Crippen LogP contribution < -0.4 is 0 Å². The van der Waals surface area contributed by atoms with Crippen molar-refractivity contribution in [2.24, 2.45) is 0 Å². The van der Waals surface area contributed by atoms with Gasteiger partial charge in [-0.2, -0.15) is 0 Å². The zero-order chi connectivity index (χ0) is 17.6. The summed E-state index contributed by atoms with van der Waals surface area (Å²) >= 11 is 1.74. The molecule has 1 atom stereocenters. The number of nitrogens with zero attached hydrogens (tertiary/aromatic N) is 3.